The van der Waals surface area contributed by atoms with Crippen LogP contribution in [0.5, 0.6) is 17.2 Å². The first-order chi connectivity index (χ1) is 16.9. The van der Waals surface area contributed by atoms with Crippen LogP contribution in [0.2, 0.25) is 0 Å². The fraction of sp³-hybridized carbons (Fsp3) is 0.440. The van der Waals surface area contributed by atoms with E-state index in [0.29, 0.717) is 11.5 Å². The molecule has 1 saturated heterocycles. The van der Waals surface area contributed by atoms with Crippen molar-refractivity contribution in [2.24, 2.45) is 0 Å². The summed E-state index contributed by atoms with van der Waals surface area (Å²) < 4.78 is 22.1. The zero-order valence-corrected chi connectivity index (χ0v) is 19.1. The number of methoxy groups -OCH3 is 1. The van der Waals surface area contributed by atoms with E-state index in [2.05, 4.69) is 0 Å². The number of phenols is 1. The first kappa shape index (κ1) is 25.4. The molecule has 2 aromatic carbocycles. The molecule has 35 heavy (non-hydrogen) atoms. The molecule has 1 fully saturated rings. The second-order valence-corrected chi connectivity index (χ2v) is 8.49. The molecule has 0 bridgehead atoms. The van der Waals surface area contributed by atoms with E-state index in [4.69, 9.17) is 18.9 Å². The van der Waals surface area contributed by atoms with Crippen LogP contribution in [0.1, 0.15) is 28.7 Å². The average molecular weight is 491 g/mol. The Morgan fingerprint density at radius 2 is 1.77 bits per heavy atom. The molecule has 0 spiro atoms. The van der Waals surface area contributed by atoms with E-state index in [1.54, 1.807) is 24.3 Å². The van der Waals surface area contributed by atoms with Crippen molar-refractivity contribution >= 4 is 6.08 Å². The highest BCUT2D eigenvalue weighted by Gasteiger charge is 2.43. The molecule has 0 aromatic heterocycles. The number of aliphatic hydroxyl groups is 5. The molecule has 0 aliphatic carbocycles. The lowest BCUT2D eigenvalue weighted by Crippen LogP contribution is -2.59. The summed E-state index contributed by atoms with van der Waals surface area (Å²) >= 11 is 0. The van der Waals surface area contributed by atoms with Gasteiger partial charge < -0.3 is 49.6 Å². The van der Waals surface area contributed by atoms with Crippen LogP contribution in [-0.4, -0.2) is 88.3 Å². The maximum absolute atomic E-state index is 10.1. The summed E-state index contributed by atoms with van der Waals surface area (Å²) in [5, 5.41) is 58.9. The average Bonchev–Trinajstić information content (AvgIpc) is 3.24. The third-order valence-electron chi connectivity index (χ3n) is 6.30. The number of aromatic hydroxyl groups is 1. The van der Waals surface area contributed by atoms with Gasteiger partial charge in [-0.2, -0.15) is 0 Å². The van der Waals surface area contributed by atoms with Gasteiger partial charge in [0.1, 0.15) is 36.3 Å². The van der Waals surface area contributed by atoms with Gasteiger partial charge in [0, 0.05) is 5.56 Å². The summed E-state index contributed by atoms with van der Waals surface area (Å²) in [7, 11) is 1.46. The van der Waals surface area contributed by atoms with Crippen molar-refractivity contribution in [2.45, 2.75) is 42.7 Å². The molecule has 190 valence electrons. The van der Waals surface area contributed by atoms with Crippen LogP contribution in [-0.2, 0) is 9.47 Å². The maximum Gasteiger partial charge on any atom is 0.187 e. The molecular formula is C25H30O10. The molecule has 0 radical (unpaired) electrons. The standard InChI is InChI=1S/C25H30O10/c1-32-19-10-14(5-6-17(19)28)24-16(11-26)15-9-13(4-7-18(15)34-24)3-2-8-33-25-23(31)22(30)21(29)20(12-27)35-25/h2-7,9-10,16,20-31H,8,11-12H2,1H3/t16-,20+,21+,22-,23+,24+,25+/m0/s1. The molecule has 0 amide bonds. The summed E-state index contributed by atoms with van der Waals surface area (Å²) in [6.45, 7) is -0.633. The minimum atomic E-state index is -1.50. The summed E-state index contributed by atoms with van der Waals surface area (Å²) in [4.78, 5) is 0. The molecule has 10 nitrogen and oxygen atoms in total. The Morgan fingerprint density at radius 1 is 0.971 bits per heavy atom. The van der Waals surface area contributed by atoms with Crippen molar-refractivity contribution in [2.75, 3.05) is 26.9 Å². The van der Waals surface area contributed by atoms with Crippen molar-refractivity contribution in [3.05, 3.63) is 59.2 Å². The van der Waals surface area contributed by atoms with E-state index in [1.807, 2.05) is 18.2 Å². The Hall–Kier alpha value is -2.70. The summed E-state index contributed by atoms with van der Waals surface area (Å²) in [5.74, 6) is 0.668. The van der Waals surface area contributed by atoms with E-state index in [1.165, 1.54) is 13.2 Å². The Labute approximate surface area is 202 Å². The zero-order valence-electron chi connectivity index (χ0n) is 19.1. The third kappa shape index (κ3) is 5.14. The van der Waals surface area contributed by atoms with E-state index in [-0.39, 0.29) is 24.9 Å². The molecule has 0 unspecified atom stereocenters. The second kappa shape index (κ2) is 10.9. The van der Waals surface area contributed by atoms with Gasteiger partial charge in [-0.3, -0.25) is 0 Å². The van der Waals surface area contributed by atoms with Crippen LogP contribution >= 0.6 is 0 Å². The molecule has 6 N–H and O–H groups in total. The summed E-state index contributed by atoms with van der Waals surface area (Å²) in [6, 6.07) is 10.5. The van der Waals surface area contributed by atoms with Crippen molar-refractivity contribution in [3.63, 3.8) is 0 Å². The fourth-order valence-corrected chi connectivity index (χ4v) is 4.36. The normalized spacial score (nSPS) is 30.3. The van der Waals surface area contributed by atoms with Gasteiger partial charge in [-0.15, -0.1) is 0 Å². The van der Waals surface area contributed by atoms with Gasteiger partial charge in [0.05, 0.1) is 32.8 Å². The summed E-state index contributed by atoms with van der Waals surface area (Å²) in [6.07, 6.45) is -3.60. The molecule has 2 heterocycles. The SMILES string of the molecule is COc1cc([C@H]2Oc3ccc(C=CCO[C@@H]4O[C@H](CO)[C@@H](O)[C@H](O)[C@H]4O)cc3[C@@H]2CO)ccc1O. The lowest BCUT2D eigenvalue weighted by Gasteiger charge is -2.39. The largest absolute Gasteiger partial charge is 0.504 e. The number of phenolic OH excluding ortho intramolecular Hbond substituents is 1. The van der Waals surface area contributed by atoms with Crippen LogP contribution in [0, 0.1) is 0 Å². The predicted molar refractivity (Wildman–Crippen MR) is 123 cm³/mol. The van der Waals surface area contributed by atoms with Crippen LogP contribution in [0.25, 0.3) is 6.08 Å². The zero-order chi connectivity index (χ0) is 25.1. The number of hydrogen-bond acceptors (Lipinski definition) is 10. The molecule has 2 aromatic rings. The minimum Gasteiger partial charge on any atom is -0.504 e. The lowest BCUT2D eigenvalue weighted by molar-refractivity contribution is -0.298. The molecular weight excluding hydrogens is 460 g/mol. The van der Waals surface area contributed by atoms with Gasteiger partial charge in [0.2, 0.25) is 0 Å². The number of aliphatic hydroxyl groups excluding tert-OH is 5. The highest BCUT2D eigenvalue weighted by molar-refractivity contribution is 5.56. The Balaban J connectivity index is 1.42. The number of rotatable bonds is 8. The number of hydrogen-bond donors (Lipinski definition) is 6. The quantitative estimate of drug-likeness (QED) is 0.307. The van der Waals surface area contributed by atoms with Gasteiger partial charge in [-0.25, -0.2) is 0 Å². The second-order valence-electron chi connectivity index (χ2n) is 8.49. The predicted octanol–water partition coefficient (Wildman–Crippen LogP) is 0.440. The van der Waals surface area contributed by atoms with E-state index < -0.39 is 43.4 Å². The first-order valence-electron chi connectivity index (χ1n) is 11.2. The molecule has 7 atom stereocenters. The lowest BCUT2D eigenvalue weighted by atomic mass is 9.91. The van der Waals surface area contributed by atoms with Crippen molar-refractivity contribution < 1.29 is 49.6 Å². The van der Waals surface area contributed by atoms with Crippen molar-refractivity contribution in [1.82, 2.24) is 0 Å². The Kier molecular flexibility index (Phi) is 7.92. The van der Waals surface area contributed by atoms with Crippen LogP contribution < -0.4 is 9.47 Å². The Morgan fingerprint density at radius 3 is 2.49 bits per heavy atom. The number of ether oxygens (including phenoxy) is 4. The third-order valence-corrected chi connectivity index (χ3v) is 6.30. The van der Waals surface area contributed by atoms with Gasteiger partial charge >= 0.3 is 0 Å². The van der Waals surface area contributed by atoms with E-state index in [0.717, 1.165) is 16.7 Å². The van der Waals surface area contributed by atoms with Gasteiger partial charge in [-0.05, 0) is 35.4 Å². The van der Waals surface area contributed by atoms with E-state index in [9.17, 15) is 30.6 Å². The molecule has 0 saturated carbocycles. The highest BCUT2D eigenvalue weighted by atomic mass is 16.7. The van der Waals surface area contributed by atoms with Gasteiger partial charge in [-0.1, -0.05) is 24.3 Å². The van der Waals surface area contributed by atoms with Crippen LogP contribution in [0.4, 0.5) is 0 Å². The number of benzene rings is 2. The number of fused-ring (bicyclic) bond motifs is 1. The fourth-order valence-electron chi connectivity index (χ4n) is 4.36. The van der Waals surface area contributed by atoms with Crippen molar-refractivity contribution in [1.29, 1.82) is 0 Å². The van der Waals surface area contributed by atoms with Crippen LogP contribution in [0.3, 0.4) is 0 Å². The first-order valence-corrected chi connectivity index (χ1v) is 11.2. The van der Waals surface area contributed by atoms with Gasteiger partial charge in [0.25, 0.3) is 0 Å². The molecule has 4 rings (SSSR count). The van der Waals surface area contributed by atoms with Crippen molar-refractivity contribution in [3.8, 4) is 17.2 Å². The highest BCUT2D eigenvalue weighted by Crippen LogP contribution is 2.47. The van der Waals surface area contributed by atoms with E-state index >= 15 is 0 Å². The van der Waals surface area contributed by atoms with Gasteiger partial charge in [0.15, 0.2) is 17.8 Å². The topological polar surface area (TPSA) is 158 Å². The summed E-state index contributed by atoms with van der Waals surface area (Å²) in [5.41, 5.74) is 2.42. The van der Waals surface area contributed by atoms with Crippen LogP contribution in [0.15, 0.2) is 42.5 Å². The molecule has 2 aliphatic heterocycles. The Bertz CT molecular complexity index is 1040. The maximum atomic E-state index is 10.1. The molecule has 2 aliphatic rings. The molecule has 10 heteroatoms. The minimum absolute atomic E-state index is 0.0191. The monoisotopic (exact) mass is 490 g/mol. The smallest absolute Gasteiger partial charge is 0.187 e.